The second-order valence-corrected chi connectivity index (χ2v) is 4.02. The van der Waals surface area contributed by atoms with Gasteiger partial charge in [0.15, 0.2) is 0 Å². The summed E-state index contributed by atoms with van der Waals surface area (Å²) in [5, 5.41) is 0. The number of ether oxygens (including phenoxy) is 2. The van der Waals surface area contributed by atoms with E-state index in [2.05, 4.69) is 9.47 Å². The first-order chi connectivity index (χ1) is 9.21. The standard InChI is InChI=1S/C13H13F3O4/c1-8(10-6-4-3-5-7-10)19-12(18)11(13(14,15)16)20-9(2)17/h3-8,11H,1-2H3/t8-,11?/m0/s1. The summed E-state index contributed by atoms with van der Waals surface area (Å²) < 4.78 is 46.5. The summed E-state index contributed by atoms with van der Waals surface area (Å²) in [6.07, 6.45) is -8.81. The number of carbonyl (C=O) groups is 2. The lowest BCUT2D eigenvalue weighted by Gasteiger charge is -2.21. The number of rotatable bonds is 4. The molecule has 0 N–H and O–H groups in total. The first kappa shape index (κ1) is 16.0. The molecule has 0 bridgehead atoms. The van der Waals surface area contributed by atoms with E-state index in [1.165, 1.54) is 6.92 Å². The van der Waals surface area contributed by atoms with Crippen molar-refractivity contribution in [2.75, 3.05) is 0 Å². The highest BCUT2D eigenvalue weighted by molar-refractivity contribution is 5.79. The van der Waals surface area contributed by atoms with E-state index in [0.717, 1.165) is 6.92 Å². The van der Waals surface area contributed by atoms with E-state index in [-0.39, 0.29) is 0 Å². The van der Waals surface area contributed by atoms with Crippen LogP contribution in [0.1, 0.15) is 25.5 Å². The molecule has 4 nitrogen and oxygen atoms in total. The molecule has 0 spiro atoms. The first-order valence-electron chi connectivity index (χ1n) is 5.71. The molecule has 0 aliphatic heterocycles. The summed E-state index contributed by atoms with van der Waals surface area (Å²) in [4.78, 5) is 22.1. The molecule has 0 aliphatic rings. The Balaban J connectivity index is 2.79. The van der Waals surface area contributed by atoms with E-state index < -0.39 is 30.3 Å². The summed E-state index contributed by atoms with van der Waals surface area (Å²) in [6.45, 7) is 2.21. The van der Waals surface area contributed by atoms with Crippen molar-refractivity contribution in [1.29, 1.82) is 0 Å². The summed E-state index contributed by atoms with van der Waals surface area (Å²) in [6, 6.07) is 8.24. The number of benzene rings is 1. The Kier molecular flexibility index (Phi) is 5.12. The molecule has 0 saturated carbocycles. The Morgan fingerprint density at radius 1 is 1.10 bits per heavy atom. The second-order valence-electron chi connectivity index (χ2n) is 4.02. The quantitative estimate of drug-likeness (QED) is 0.800. The van der Waals surface area contributed by atoms with Crippen LogP contribution in [0.5, 0.6) is 0 Å². The summed E-state index contributed by atoms with van der Waals surface area (Å²) in [5.74, 6) is -2.86. The van der Waals surface area contributed by atoms with Crippen molar-refractivity contribution in [3.63, 3.8) is 0 Å². The Morgan fingerprint density at radius 3 is 2.10 bits per heavy atom. The summed E-state index contributed by atoms with van der Waals surface area (Å²) >= 11 is 0. The fourth-order valence-corrected chi connectivity index (χ4v) is 1.44. The smallest absolute Gasteiger partial charge is 0.436 e. The van der Waals surface area contributed by atoms with E-state index in [9.17, 15) is 22.8 Å². The van der Waals surface area contributed by atoms with Gasteiger partial charge >= 0.3 is 18.1 Å². The molecule has 0 fully saturated rings. The van der Waals surface area contributed by atoms with Crippen molar-refractivity contribution in [3.05, 3.63) is 35.9 Å². The predicted molar refractivity (Wildman–Crippen MR) is 62.6 cm³/mol. The number of esters is 2. The average molecular weight is 290 g/mol. The van der Waals surface area contributed by atoms with Crippen molar-refractivity contribution >= 4 is 11.9 Å². The first-order valence-corrected chi connectivity index (χ1v) is 5.71. The SMILES string of the molecule is CC(=O)OC(C(=O)O[C@@H](C)c1ccccc1)C(F)(F)F. The number of hydrogen-bond donors (Lipinski definition) is 0. The van der Waals surface area contributed by atoms with Crippen molar-refractivity contribution < 1.29 is 32.2 Å². The molecule has 1 rings (SSSR count). The maximum atomic E-state index is 12.6. The molecule has 0 heterocycles. The van der Waals surface area contributed by atoms with Crippen LogP contribution in [-0.4, -0.2) is 24.2 Å². The van der Waals surface area contributed by atoms with Gasteiger partial charge in [0.1, 0.15) is 6.10 Å². The number of hydrogen-bond acceptors (Lipinski definition) is 4. The van der Waals surface area contributed by atoms with Crippen molar-refractivity contribution in [1.82, 2.24) is 0 Å². The average Bonchev–Trinajstić information content (AvgIpc) is 2.35. The lowest BCUT2D eigenvalue weighted by molar-refractivity contribution is -0.231. The molecule has 0 amide bonds. The molecule has 7 heteroatoms. The van der Waals surface area contributed by atoms with Crippen LogP contribution in [0.15, 0.2) is 30.3 Å². The van der Waals surface area contributed by atoms with E-state index >= 15 is 0 Å². The van der Waals surface area contributed by atoms with Crippen LogP contribution in [0, 0.1) is 0 Å². The monoisotopic (exact) mass is 290 g/mol. The van der Waals surface area contributed by atoms with Gasteiger partial charge in [-0.3, -0.25) is 4.79 Å². The minimum absolute atomic E-state index is 0.532. The zero-order valence-corrected chi connectivity index (χ0v) is 10.8. The lowest BCUT2D eigenvalue weighted by Crippen LogP contribution is -2.41. The molecule has 2 atom stereocenters. The normalized spacial score (nSPS) is 14.2. The van der Waals surface area contributed by atoms with Crippen LogP contribution in [-0.2, 0) is 19.1 Å². The van der Waals surface area contributed by atoms with Crippen LogP contribution in [0.25, 0.3) is 0 Å². The maximum absolute atomic E-state index is 12.6. The van der Waals surface area contributed by atoms with E-state index in [1.807, 2.05) is 0 Å². The Labute approximate surface area is 113 Å². The molecular formula is C13H13F3O4. The summed E-state index contributed by atoms with van der Waals surface area (Å²) in [7, 11) is 0. The number of halogens is 3. The van der Waals surface area contributed by atoms with Gasteiger partial charge in [0.2, 0.25) is 0 Å². The highest BCUT2D eigenvalue weighted by atomic mass is 19.4. The fourth-order valence-electron chi connectivity index (χ4n) is 1.44. The molecule has 0 aromatic heterocycles. The molecule has 110 valence electrons. The van der Waals surface area contributed by atoms with Crippen LogP contribution in [0.4, 0.5) is 13.2 Å². The predicted octanol–water partition coefficient (Wildman–Crippen LogP) is 2.78. The second kappa shape index (κ2) is 6.40. The molecule has 0 radical (unpaired) electrons. The topological polar surface area (TPSA) is 52.6 Å². The Hall–Kier alpha value is -2.05. The van der Waals surface area contributed by atoms with Gasteiger partial charge in [0.05, 0.1) is 0 Å². The zero-order valence-electron chi connectivity index (χ0n) is 10.8. The third-order valence-electron chi connectivity index (χ3n) is 2.36. The lowest BCUT2D eigenvalue weighted by atomic mass is 10.1. The van der Waals surface area contributed by atoms with Gasteiger partial charge in [0, 0.05) is 6.92 Å². The Bertz CT molecular complexity index is 470. The summed E-state index contributed by atoms with van der Waals surface area (Å²) in [5.41, 5.74) is 0.532. The van der Waals surface area contributed by atoms with Crippen molar-refractivity contribution in [3.8, 4) is 0 Å². The number of carbonyl (C=O) groups excluding carboxylic acids is 2. The van der Waals surface area contributed by atoms with Crippen molar-refractivity contribution in [2.24, 2.45) is 0 Å². The minimum Gasteiger partial charge on any atom is -0.455 e. The van der Waals surface area contributed by atoms with E-state index in [1.54, 1.807) is 30.3 Å². The third-order valence-corrected chi connectivity index (χ3v) is 2.36. The molecule has 0 aliphatic carbocycles. The fraction of sp³-hybridized carbons (Fsp3) is 0.385. The van der Waals surface area contributed by atoms with Gasteiger partial charge in [-0.25, -0.2) is 4.79 Å². The third kappa shape index (κ3) is 4.56. The molecular weight excluding hydrogens is 277 g/mol. The van der Waals surface area contributed by atoms with Crippen LogP contribution < -0.4 is 0 Å². The highest BCUT2D eigenvalue weighted by Crippen LogP contribution is 2.26. The Morgan fingerprint density at radius 2 is 1.65 bits per heavy atom. The highest BCUT2D eigenvalue weighted by Gasteiger charge is 2.49. The van der Waals surface area contributed by atoms with Crippen LogP contribution in [0.3, 0.4) is 0 Å². The van der Waals surface area contributed by atoms with Gasteiger partial charge in [-0.05, 0) is 12.5 Å². The van der Waals surface area contributed by atoms with Gasteiger partial charge in [-0.1, -0.05) is 30.3 Å². The minimum atomic E-state index is -5.01. The largest absolute Gasteiger partial charge is 0.455 e. The molecule has 20 heavy (non-hydrogen) atoms. The maximum Gasteiger partial charge on any atom is 0.436 e. The van der Waals surface area contributed by atoms with E-state index in [4.69, 9.17) is 0 Å². The van der Waals surface area contributed by atoms with Gasteiger partial charge in [-0.2, -0.15) is 13.2 Å². The molecule has 1 aromatic carbocycles. The van der Waals surface area contributed by atoms with Gasteiger partial charge in [-0.15, -0.1) is 0 Å². The molecule has 1 unspecified atom stereocenters. The molecule has 1 aromatic rings. The van der Waals surface area contributed by atoms with Crippen LogP contribution >= 0.6 is 0 Å². The van der Waals surface area contributed by atoms with Crippen molar-refractivity contribution in [2.45, 2.75) is 32.2 Å². The van der Waals surface area contributed by atoms with Gasteiger partial charge < -0.3 is 9.47 Å². The van der Waals surface area contributed by atoms with Crippen LogP contribution in [0.2, 0.25) is 0 Å². The van der Waals surface area contributed by atoms with Gasteiger partial charge in [0.25, 0.3) is 6.10 Å². The van der Waals surface area contributed by atoms with E-state index in [0.29, 0.717) is 5.56 Å². The molecule has 0 saturated heterocycles. The number of alkyl halides is 3. The zero-order chi connectivity index (χ0) is 15.3.